The Morgan fingerprint density at radius 3 is 2.81 bits per heavy atom. The summed E-state index contributed by atoms with van der Waals surface area (Å²) in [6, 6.07) is 3.75. The standard InChI is InChI=1S/C11H17ClN4/c1-15-5-2-6-16(8-7-15)9-10-3-4-11(12)14-13-10/h3-4H,2,5-9H2,1H3. The topological polar surface area (TPSA) is 32.3 Å². The molecule has 1 aromatic rings. The smallest absolute Gasteiger partial charge is 0.151 e. The van der Waals surface area contributed by atoms with Gasteiger partial charge in [-0.15, -0.1) is 5.10 Å². The van der Waals surface area contributed by atoms with Crippen LogP contribution in [0.1, 0.15) is 12.1 Å². The molecule has 5 heteroatoms. The molecule has 2 rings (SSSR count). The minimum Gasteiger partial charge on any atom is -0.305 e. The first-order chi connectivity index (χ1) is 7.74. The molecular weight excluding hydrogens is 224 g/mol. The SMILES string of the molecule is CN1CCCN(Cc2ccc(Cl)nn2)CC1. The van der Waals surface area contributed by atoms with E-state index in [0.717, 1.165) is 31.9 Å². The van der Waals surface area contributed by atoms with Crippen molar-refractivity contribution < 1.29 is 0 Å². The second-order valence-electron chi connectivity index (χ2n) is 4.28. The minimum absolute atomic E-state index is 0.458. The van der Waals surface area contributed by atoms with E-state index >= 15 is 0 Å². The molecule has 0 aliphatic carbocycles. The maximum Gasteiger partial charge on any atom is 0.151 e. The van der Waals surface area contributed by atoms with E-state index in [0.29, 0.717) is 5.15 Å². The summed E-state index contributed by atoms with van der Waals surface area (Å²) in [5.74, 6) is 0. The van der Waals surface area contributed by atoms with Crippen LogP contribution in [-0.4, -0.2) is 53.2 Å². The van der Waals surface area contributed by atoms with Gasteiger partial charge in [0, 0.05) is 19.6 Å². The van der Waals surface area contributed by atoms with Crippen LogP contribution in [0.3, 0.4) is 0 Å². The van der Waals surface area contributed by atoms with E-state index in [2.05, 4.69) is 27.0 Å². The quantitative estimate of drug-likeness (QED) is 0.780. The van der Waals surface area contributed by atoms with Crippen LogP contribution >= 0.6 is 11.6 Å². The monoisotopic (exact) mass is 240 g/mol. The van der Waals surface area contributed by atoms with Crippen molar-refractivity contribution in [3.05, 3.63) is 23.0 Å². The molecule has 1 aliphatic rings. The van der Waals surface area contributed by atoms with Crippen molar-refractivity contribution in [2.24, 2.45) is 0 Å². The average molecular weight is 241 g/mol. The summed E-state index contributed by atoms with van der Waals surface area (Å²) in [5, 5.41) is 8.40. The Morgan fingerprint density at radius 2 is 2.06 bits per heavy atom. The van der Waals surface area contributed by atoms with Gasteiger partial charge in [-0.2, -0.15) is 5.10 Å². The first-order valence-corrected chi connectivity index (χ1v) is 6.01. The molecule has 1 fully saturated rings. The summed E-state index contributed by atoms with van der Waals surface area (Å²) in [6.07, 6.45) is 1.22. The van der Waals surface area contributed by atoms with Gasteiger partial charge in [0.1, 0.15) is 0 Å². The lowest BCUT2D eigenvalue weighted by molar-refractivity contribution is 0.265. The lowest BCUT2D eigenvalue weighted by atomic mass is 10.3. The average Bonchev–Trinajstić information content (AvgIpc) is 2.47. The molecule has 0 unspecified atom stereocenters. The first-order valence-electron chi connectivity index (χ1n) is 5.63. The molecule has 1 saturated heterocycles. The molecule has 16 heavy (non-hydrogen) atoms. The molecule has 2 heterocycles. The fraction of sp³-hybridized carbons (Fsp3) is 0.636. The molecule has 1 aliphatic heterocycles. The molecule has 0 spiro atoms. The number of likely N-dealkylation sites (N-methyl/N-ethyl adjacent to an activating group) is 1. The third kappa shape index (κ3) is 3.40. The number of aromatic nitrogens is 2. The summed E-state index contributed by atoms with van der Waals surface area (Å²) < 4.78 is 0. The van der Waals surface area contributed by atoms with Crippen LogP contribution in [0.2, 0.25) is 5.15 Å². The zero-order valence-electron chi connectivity index (χ0n) is 9.56. The second kappa shape index (κ2) is 5.57. The van der Waals surface area contributed by atoms with Gasteiger partial charge in [0.15, 0.2) is 5.15 Å². The summed E-state index contributed by atoms with van der Waals surface area (Å²) in [4.78, 5) is 4.79. The Hall–Kier alpha value is -0.710. The van der Waals surface area contributed by atoms with E-state index in [1.54, 1.807) is 6.07 Å². The summed E-state index contributed by atoms with van der Waals surface area (Å²) in [7, 11) is 2.17. The molecule has 0 aromatic carbocycles. The Kier molecular flexibility index (Phi) is 4.09. The van der Waals surface area contributed by atoms with Crippen molar-refractivity contribution in [3.63, 3.8) is 0 Å². The maximum absolute atomic E-state index is 5.71. The van der Waals surface area contributed by atoms with Gasteiger partial charge in [0.05, 0.1) is 5.69 Å². The minimum atomic E-state index is 0.458. The highest BCUT2D eigenvalue weighted by Crippen LogP contribution is 2.07. The van der Waals surface area contributed by atoms with Crippen LogP contribution < -0.4 is 0 Å². The zero-order chi connectivity index (χ0) is 11.4. The van der Waals surface area contributed by atoms with Crippen molar-refractivity contribution in [1.29, 1.82) is 0 Å². The van der Waals surface area contributed by atoms with Crippen LogP contribution in [-0.2, 0) is 6.54 Å². The number of hydrogen-bond donors (Lipinski definition) is 0. The van der Waals surface area contributed by atoms with Crippen LogP contribution in [0.5, 0.6) is 0 Å². The van der Waals surface area contributed by atoms with Crippen molar-refractivity contribution in [1.82, 2.24) is 20.0 Å². The predicted molar refractivity (Wildman–Crippen MR) is 64.4 cm³/mol. The van der Waals surface area contributed by atoms with E-state index in [4.69, 9.17) is 11.6 Å². The lowest BCUT2D eigenvalue weighted by Crippen LogP contribution is -2.28. The van der Waals surface area contributed by atoms with Crippen molar-refractivity contribution in [2.45, 2.75) is 13.0 Å². The van der Waals surface area contributed by atoms with E-state index in [1.807, 2.05) is 6.07 Å². The van der Waals surface area contributed by atoms with Gasteiger partial charge < -0.3 is 4.90 Å². The number of rotatable bonds is 2. The van der Waals surface area contributed by atoms with Crippen LogP contribution in [0, 0.1) is 0 Å². The maximum atomic E-state index is 5.71. The van der Waals surface area contributed by atoms with Gasteiger partial charge in [-0.1, -0.05) is 11.6 Å². The second-order valence-corrected chi connectivity index (χ2v) is 4.67. The Labute approximate surface area is 101 Å². The molecule has 0 atom stereocenters. The van der Waals surface area contributed by atoms with E-state index in [1.165, 1.54) is 13.0 Å². The summed E-state index contributed by atoms with van der Waals surface area (Å²) >= 11 is 5.71. The van der Waals surface area contributed by atoms with E-state index < -0.39 is 0 Å². The lowest BCUT2D eigenvalue weighted by Gasteiger charge is -2.19. The Bertz CT molecular complexity index is 327. The third-order valence-electron chi connectivity index (χ3n) is 2.88. The number of halogens is 1. The van der Waals surface area contributed by atoms with Gasteiger partial charge in [-0.3, -0.25) is 4.90 Å². The van der Waals surface area contributed by atoms with Gasteiger partial charge in [-0.25, -0.2) is 0 Å². The molecule has 0 saturated carbocycles. The molecule has 0 amide bonds. The van der Waals surface area contributed by atoms with Crippen molar-refractivity contribution >= 4 is 11.6 Å². The van der Waals surface area contributed by atoms with E-state index in [-0.39, 0.29) is 0 Å². The molecule has 1 aromatic heterocycles. The van der Waals surface area contributed by atoms with Gasteiger partial charge in [0.25, 0.3) is 0 Å². The Morgan fingerprint density at radius 1 is 1.19 bits per heavy atom. The fourth-order valence-electron chi connectivity index (χ4n) is 1.92. The molecule has 0 bridgehead atoms. The number of nitrogens with zero attached hydrogens (tertiary/aromatic N) is 4. The van der Waals surface area contributed by atoms with Crippen LogP contribution in [0.15, 0.2) is 12.1 Å². The first kappa shape index (κ1) is 11.8. The van der Waals surface area contributed by atoms with Crippen LogP contribution in [0.25, 0.3) is 0 Å². The zero-order valence-corrected chi connectivity index (χ0v) is 10.3. The molecule has 88 valence electrons. The highest BCUT2D eigenvalue weighted by atomic mass is 35.5. The largest absolute Gasteiger partial charge is 0.305 e. The molecule has 4 nitrogen and oxygen atoms in total. The van der Waals surface area contributed by atoms with Crippen molar-refractivity contribution in [3.8, 4) is 0 Å². The summed E-state index contributed by atoms with van der Waals surface area (Å²) in [6.45, 7) is 5.41. The molecule has 0 radical (unpaired) electrons. The van der Waals surface area contributed by atoms with E-state index in [9.17, 15) is 0 Å². The molecular formula is C11H17ClN4. The number of hydrogen-bond acceptors (Lipinski definition) is 4. The third-order valence-corrected chi connectivity index (χ3v) is 3.09. The fourth-order valence-corrected chi connectivity index (χ4v) is 2.02. The normalized spacial score (nSPS) is 19.6. The Balaban J connectivity index is 1.91. The van der Waals surface area contributed by atoms with Crippen molar-refractivity contribution in [2.75, 3.05) is 33.2 Å². The van der Waals surface area contributed by atoms with Gasteiger partial charge in [0.2, 0.25) is 0 Å². The highest BCUT2D eigenvalue weighted by Gasteiger charge is 2.12. The summed E-state index contributed by atoms with van der Waals surface area (Å²) in [5.41, 5.74) is 0.994. The highest BCUT2D eigenvalue weighted by molar-refractivity contribution is 6.29. The van der Waals surface area contributed by atoms with Gasteiger partial charge >= 0.3 is 0 Å². The van der Waals surface area contributed by atoms with Gasteiger partial charge in [-0.05, 0) is 38.7 Å². The molecule has 0 N–H and O–H groups in total. The van der Waals surface area contributed by atoms with Crippen LogP contribution in [0.4, 0.5) is 0 Å². The predicted octanol–water partition coefficient (Wildman–Crippen LogP) is 1.27.